The molecule has 1 aliphatic rings. The molecule has 0 amide bonds. The summed E-state index contributed by atoms with van der Waals surface area (Å²) in [6.07, 6.45) is 7.13. The van der Waals surface area contributed by atoms with Crippen molar-refractivity contribution in [2.45, 2.75) is 46.1 Å². The molecule has 0 bridgehead atoms. The third-order valence-electron chi connectivity index (χ3n) is 5.20. The first-order valence-electron chi connectivity index (χ1n) is 11.3. The standard InChI is InChI=1S/C23H44N4O2/c1-6-13-27(14-7-2)22(20(4)5)18-26-23(24-8-3)25-12-9-15-29-19-21-10-16-28-17-11-21/h6-7,20-22H,1-2,8-19H2,3-5H3,(H2,24,25,26). The van der Waals surface area contributed by atoms with E-state index in [1.165, 1.54) is 0 Å². The minimum atomic E-state index is 0.351. The van der Waals surface area contributed by atoms with Crippen LogP contribution in [-0.2, 0) is 9.47 Å². The third kappa shape index (κ3) is 11.4. The highest BCUT2D eigenvalue weighted by molar-refractivity contribution is 5.79. The highest BCUT2D eigenvalue weighted by Gasteiger charge is 2.20. The first-order chi connectivity index (χ1) is 14.1. The molecule has 0 aromatic rings. The highest BCUT2D eigenvalue weighted by atomic mass is 16.5. The smallest absolute Gasteiger partial charge is 0.191 e. The molecule has 6 heteroatoms. The molecule has 1 atom stereocenters. The molecular weight excluding hydrogens is 364 g/mol. The molecule has 29 heavy (non-hydrogen) atoms. The predicted molar refractivity (Wildman–Crippen MR) is 124 cm³/mol. The van der Waals surface area contributed by atoms with Crippen LogP contribution in [0, 0.1) is 11.8 Å². The molecule has 168 valence electrons. The van der Waals surface area contributed by atoms with E-state index in [2.05, 4.69) is 49.5 Å². The van der Waals surface area contributed by atoms with E-state index in [0.29, 0.717) is 17.9 Å². The number of ether oxygens (including phenoxy) is 2. The molecule has 0 radical (unpaired) electrons. The summed E-state index contributed by atoms with van der Waals surface area (Å²) >= 11 is 0. The van der Waals surface area contributed by atoms with Gasteiger partial charge >= 0.3 is 0 Å². The Balaban J connectivity index is 2.40. The lowest BCUT2D eigenvalue weighted by atomic mass is 10.0. The van der Waals surface area contributed by atoms with Crippen LogP contribution in [0.25, 0.3) is 0 Å². The van der Waals surface area contributed by atoms with Gasteiger partial charge in [-0.1, -0.05) is 26.0 Å². The van der Waals surface area contributed by atoms with Crippen molar-refractivity contribution in [1.82, 2.24) is 15.5 Å². The van der Waals surface area contributed by atoms with Crippen molar-refractivity contribution in [1.29, 1.82) is 0 Å². The van der Waals surface area contributed by atoms with Crippen LogP contribution in [0.15, 0.2) is 30.3 Å². The second-order valence-electron chi connectivity index (χ2n) is 7.97. The number of nitrogens with one attached hydrogen (secondary N) is 2. The Morgan fingerprint density at radius 2 is 1.90 bits per heavy atom. The maximum Gasteiger partial charge on any atom is 0.191 e. The van der Waals surface area contributed by atoms with Crippen molar-refractivity contribution in [3.63, 3.8) is 0 Å². The van der Waals surface area contributed by atoms with E-state index in [1.54, 1.807) is 0 Å². The van der Waals surface area contributed by atoms with Crippen molar-refractivity contribution >= 4 is 5.96 Å². The third-order valence-corrected chi connectivity index (χ3v) is 5.20. The van der Waals surface area contributed by atoms with E-state index < -0.39 is 0 Å². The summed E-state index contributed by atoms with van der Waals surface area (Å²) < 4.78 is 11.2. The van der Waals surface area contributed by atoms with Crippen LogP contribution in [0.2, 0.25) is 0 Å². The number of aliphatic imine (C=N–C) groups is 1. The van der Waals surface area contributed by atoms with Crippen molar-refractivity contribution in [3.05, 3.63) is 25.3 Å². The average molecular weight is 409 g/mol. The molecule has 1 fully saturated rings. The molecule has 1 heterocycles. The van der Waals surface area contributed by atoms with Gasteiger partial charge in [-0.05, 0) is 38.0 Å². The van der Waals surface area contributed by atoms with Gasteiger partial charge in [-0.2, -0.15) is 0 Å². The second-order valence-corrected chi connectivity index (χ2v) is 7.97. The minimum Gasteiger partial charge on any atom is -0.381 e. The summed E-state index contributed by atoms with van der Waals surface area (Å²) in [5.74, 6) is 2.04. The number of guanidine groups is 1. The van der Waals surface area contributed by atoms with Gasteiger partial charge in [-0.3, -0.25) is 9.89 Å². The van der Waals surface area contributed by atoms with E-state index in [9.17, 15) is 0 Å². The van der Waals surface area contributed by atoms with Gasteiger partial charge in [0.15, 0.2) is 5.96 Å². The normalized spacial score (nSPS) is 16.8. The lowest BCUT2D eigenvalue weighted by molar-refractivity contribution is 0.0203. The van der Waals surface area contributed by atoms with Crippen molar-refractivity contribution < 1.29 is 9.47 Å². The largest absolute Gasteiger partial charge is 0.381 e. The van der Waals surface area contributed by atoms with E-state index >= 15 is 0 Å². The molecule has 2 N–H and O–H groups in total. The number of hydrogen-bond acceptors (Lipinski definition) is 4. The minimum absolute atomic E-state index is 0.351. The molecule has 1 aliphatic heterocycles. The SMILES string of the molecule is C=CCN(CC=C)C(CN=C(NCC)NCCCOCC1CCOCC1)C(C)C. The topological polar surface area (TPSA) is 58.1 Å². The molecule has 0 aliphatic carbocycles. The van der Waals surface area contributed by atoms with Gasteiger partial charge < -0.3 is 20.1 Å². The van der Waals surface area contributed by atoms with Gasteiger partial charge in [-0.15, -0.1) is 13.2 Å². The Labute approximate surface area is 178 Å². The molecule has 0 aromatic carbocycles. The van der Waals surface area contributed by atoms with Crippen LogP contribution in [0.1, 0.15) is 40.0 Å². The molecule has 0 saturated carbocycles. The highest BCUT2D eigenvalue weighted by Crippen LogP contribution is 2.14. The predicted octanol–water partition coefficient (Wildman–Crippen LogP) is 3.07. The van der Waals surface area contributed by atoms with Crippen LogP contribution in [0.4, 0.5) is 0 Å². The lowest BCUT2D eigenvalue weighted by Gasteiger charge is -2.32. The summed E-state index contributed by atoms with van der Waals surface area (Å²) in [4.78, 5) is 7.22. The second kappa shape index (κ2) is 16.4. The van der Waals surface area contributed by atoms with Gasteiger partial charge in [0.2, 0.25) is 0 Å². The van der Waals surface area contributed by atoms with Gasteiger partial charge in [0, 0.05) is 58.6 Å². The molecular formula is C23H44N4O2. The van der Waals surface area contributed by atoms with Crippen LogP contribution in [0.5, 0.6) is 0 Å². The number of rotatable bonds is 15. The Morgan fingerprint density at radius 3 is 2.48 bits per heavy atom. The average Bonchev–Trinajstić information content (AvgIpc) is 2.71. The van der Waals surface area contributed by atoms with Crippen LogP contribution < -0.4 is 10.6 Å². The Bertz CT molecular complexity index is 452. The van der Waals surface area contributed by atoms with Gasteiger partial charge in [-0.25, -0.2) is 0 Å². The van der Waals surface area contributed by atoms with Crippen LogP contribution >= 0.6 is 0 Å². The monoisotopic (exact) mass is 408 g/mol. The van der Waals surface area contributed by atoms with E-state index in [1.807, 2.05) is 12.2 Å². The molecule has 0 aromatic heterocycles. The first kappa shape index (κ1) is 25.7. The number of hydrogen-bond donors (Lipinski definition) is 2. The molecule has 1 unspecified atom stereocenters. The summed E-state index contributed by atoms with van der Waals surface area (Å²) in [6, 6.07) is 0.351. The van der Waals surface area contributed by atoms with Gasteiger partial charge in [0.05, 0.1) is 6.54 Å². The van der Waals surface area contributed by atoms with Gasteiger partial charge in [0.1, 0.15) is 0 Å². The molecule has 1 saturated heterocycles. The van der Waals surface area contributed by atoms with Crippen LogP contribution in [-0.4, -0.2) is 76.1 Å². The molecule has 1 rings (SSSR count). The maximum atomic E-state index is 5.85. The summed E-state index contributed by atoms with van der Waals surface area (Å²) in [5, 5.41) is 6.78. The fraction of sp³-hybridized carbons (Fsp3) is 0.783. The van der Waals surface area contributed by atoms with E-state index in [-0.39, 0.29) is 0 Å². The fourth-order valence-corrected chi connectivity index (χ4v) is 3.50. The van der Waals surface area contributed by atoms with Crippen LogP contribution in [0.3, 0.4) is 0 Å². The zero-order valence-corrected chi connectivity index (χ0v) is 19.0. The van der Waals surface area contributed by atoms with Crippen molar-refractivity contribution in [2.24, 2.45) is 16.8 Å². The quantitative estimate of drug-likeness (QED) is 0.189. The van der Waals surface area contributed by atoms with Crippen molar-refractivity contribution in [2.75, 3.05) is 59.2 Å². The zero-order chi connectivity index (χ0) is 21.3. The summed E-state index contributed by atoms with van der Waals surface area (Å²) in [6.45, 7) is 21.9. The molecule has 6 nitrogen and oxygen atoms in total. The summed E-state index contributed by atoms with van der Waals surface area (Å²) in [7, 11) is 0. The fourth-order valence-electron chi connectivity index (χ4n) is 3.50. The van der Waals surface area contributed by atoms with Gasteiger partial charge in [0.25, 0.3) is 0 Å². The Morgan fingerprint density at radius 1 is 1.21 bits per heavy atom. The zero-order valence-electron chi connectivity index (χ0n) is 19.0. The lowest BCUT2D eigenvalue weighted by Crippen LogP contribution is -2.43. The van der Waals surface area contributed by atoms with Crippen molar-refractivity contribution in [3.8, 4) is 0 Å². The first-order valence-corrected chi connectivity index (χ1v) is 11.3. The Hall–Kier alpha value is -1.37. The molecule has 0 spiro atoms. The summed E-state index contributed by atoms with van der Waals surface area (Å²) in [5.41, 5.74) is 0. The van der Waals surface area contributed by atoms with E-state index in [0.717, 1.165) is 84.4 Å². The Kier molecular flexibility index (Phi) is 14.5. The maximum absolute atomic E-state index is 5.85. The number of nitrogens with zero attached hydrogens (tertiary/aromatic N) is 2. The van der Waals surface area contributed by atoms with E-state index in [4.69, 9.17) is 14.5 Å².